The molecule has 0 aromatic heterocycles. The number of benzene rings is 2. The van der Waals surface area contributed by atoms with E-state index >= 15 is 0 Å². The topological polar surface area (TPSA) is 41.5 Å². The fraction of sp³-hybridized carbons (Fsp3) is 0.250. The average molecular weight is 275 g/mol. The molecule has 1 unspecified atom stereocenters. The smallest absolute Gasteiger partial charge is 0.132 e. The van der Waals surface area contributed by atoms with E-state index in [0.717, 1.165) is 23.1 Å². The minimum Gasteiger partial charge on any atom is -0.508 e. The monoisotopic (exact) mass is 275 g/mol. The molecule has 0 spiro atoms. The lowest BCUT2D eigenvalue weighted by molar-refractivity contribution is 0.414. The number of anilines is 1. The van der Waals surface area contributed by atoms with E-state index in [1.165, 1.54) is 6.07 Å². The summed E-state index contributed by atoms with van der Waals surface area (Å²) in [7, 11) is 1.62. The number of hydrogen-bond donors (Lipinski definition) is 2. The first-order valence-corrected chi connectivity index (χ1v) is 6.41. The molecule has 0 heterocycles. The van der Waals surface area contributed by atoms with Crippen LogP contribution in [0.15, 0.2) is 36.4 Å². The fourth-order valence-corrected chi connectivity index (χ4v) is 2.10. The number of halogens is 1. The predicted molar refractivity (Wildman–Crippen MR) is 77.8 cm³/mol. The number of phenolic OH excluding ortho intramolecular Hbond substituents is 1. The van der Waals surface area contributed by atoms with E-state index in [4.69, 9.17) is 4.74 Å². The molecular formula is C16H18FNO2. The Bertz CT molecular complexity index is 613. The number of methoxy groups -OCH3 is 1. The molecule has 2 aromatic carbocycles. The van der Waals surface area contributed by atoms with E-state index < -0.39 is 5.82 Å². The van der Waals surface area contributed by atoms with Crippen LogP contribution < -0.4 is 10.1 Å². The lowest BCUT2D eigenvalue weighted by Gasteiger charge is -2.18. The first kappa shape index (κ1) is 14.2. The Kier molecular flexibility index (Phi) is 4.13. The highest BCUT2D eigenvalue weighted by Crippen LogP contribution is 2.27. The summed E-state index contributed by atoms with van der Waals surface area (Å²) >= 11 is 0. The zero-order chi connectivity index (χ0) is 14.7. The van der Waals surface area contributed by atoms with Gasteiger partial charge in [0.05, 0.1) is 13.2 Å². The van der Waals surface area contributed by atoms with Crippen molar-refractivity contribution in [3.63, 3.8) is 0 Å². The third-order valence-corrected chi connectivity index (χ3v) is 3.26. The molecule has 0 saturated heterocycles. The number of rotatable bonds is 4. The van der Waals surface area contributed by atoms with Crippen LogP contribution in [0.4, 0.5) is 10.1 Å². The number of nitrogens with one attached hydrogen (secondary N) is 1. The molecular weight excluding hydrogens is 257 g/mol. The third-order valence-electron chi connectivity index (χ3n) is 3.26. The van der Waals surface area contributed by atoms with E-state index in [-0.39, 0.29) is 11.8 Å². The van der Waals surface area contributed by atoms with Crippen LogP contribution in [0.2, 0.25) is 0 Å². The van der Waals surface area contributed by atoms with E-state index in [1.807, 2.05) is 32.0 Å². The standard InChI is InChI=1S/C16H18FNO2/c1-10-8-13(20-3)5-7-16(10)18-11(2)14-6-4-12(19)9-15(14)17/h4-9,11,18-19H,1-3H3. The van der Waals surface area contributed by atoms with Gasteiger partial charge in [0.15, 0.2) is 0 Å². The summed E-state index contributed by atoms with van der Waals surface area (Å²) in [4.78, 5) is 0. The van der Waals surface area contributed by atoms with Gasteiger partial charge in [-0.2, -0.15) is 0 Å². The maximum absolute atomic E-state index is 13.8. The zero-order valence-corrected chi connectivity index (χ0v) is 11.8. The molecule has 4 heteroatoms. The van der Waals surface area contributed by atoms with Crippen molar-refractivity contribution in [1.82, 2.24) is 0 Å². The van der Waals surface area contributed by atoms with Crippen molar-refractivity contribution in [3.8, 4) is 11.5 Å². The van der Waals surface area contributed by atoms with Gasteiger partial charge >= 0.3 is 0 Å². The molecule has 0 amide bonds. The molecule has 0 aliphatic rings. The summed E-state index contributed by atoms with van der Waals surface area (Å²) < 4.78 is 19.0. The van der Waals surface area contributed by atoms with Crippen LogP contribution in [0.1, 0.15) is 24.1 Å². The average Bonchev–Trinajstić information content (AvgIpc) is 2.40. The molecule has 0 aliphatic carbocycles. The second-order valence-corrected chi connectivity index (χ2v) is 4.75. The molecule has 2 N–H and O–H groups in total. The van der Waals surface area contributed by atoms with Gasteiger partial charge < -0.3 is 15.2 Å². The number of phenols is 1. The van der Waals surface area contributed by atoms with Crippen LogP contribution in [0.5, 0.6) is 11.5 Å². The number of aromatic hydroxyl groups is 1. The molecule has 20 heavy (non-hydrogen) atoms. The van der Waals surface area contributed by atoms with Crippen LogP contribution in [-0.2, 0) is 0 Å². The zero-order valence-electron chi connectivity index (χ0n) is 11.8. The summed E-state index contributed by atoms with van der Waals surface area (Å²) in [5.74, 6) is 0.298. The quantitative estimate of drug-likeness (QED) is 0.885. The van der Waals surface area contributed by atoms with Crippen molar-refractivity contribution in [1.29, 1.82) is 0 Å². The molecule has 0 radical (unpaired) electrons. The summed E-state index contributed by atoms with van der Waals surface area (Å²) in [6, 6.07) is 9.66. The SMILES string of the molecule is COc1ccc(NC(C)c2ccc(O)cc2F)c(C)c1. The van der Waals surface area contributed by atoms with Crippen molar-refractivity contribution in [2.45, 2.75) is 19.9 Å². The molecule has 3 nitrogen and oxygen atoms in total. The van der Waals surface area contributed by atoms with Crippen molar-refractivity contribution < 1.29 is 14.2 Å². The van der Waals surface area contributed by atoms with Gasteiger partial charge in [0.2, 0.25) is 0 Å². The lowest BCUT2D eigenvalue weighted by Crippen LogP contribution is -2.09. The Morgan fingerprint density at radius 3 is 2.55 bits per heavy atom. The molecule has 1 atom stereocenters. The minimum absolute atomic E-state index is 0.0703. The van der Waals surface area contributed by atoms with Gasteiger partial charge in [0, 0.05) is 17.3 Å². The highest BCUT2D eigenvalue weighted by molar-refractivity contribution is 5.55. The van der Waals surface area contributed by atoms with E-state index in [0.29, 0.717) is 5.56 Å². The van der Waals surface area contributed by atoms with E-state index in [1.54, 1.807) is 13.2 Å². The number of aryl methyl sites for hydroxylation is 1. The fourth-order valence-electron chi connectivity index (χ4n) is 2.10. The second-order valence-electron chi connectivity index (χ2n) is 4.75. The highest BCUT2D eigenvalue weighted by Gasteiger charge is 2.12. The Morgan fingerprint density at radius 1 is 1.20 bits per heavy atom. The van der Waals surface area contributed by atoms with Crippen LogP contribution in [0, 0.1) is 12.7 Å². The van der Waals surface area contributed by atoms with Gasteiger partial charge in [-0.1, -0.05) is 6.07 Å². The number of ether oxygens (including phenoxy) is 1. The van der Waals surface area contributed by atoms with E-state index in [9.17, 15) is 9.50 Å². The predicted octanol–water partition coefficient (Wildman–Crippen LogP) is 4.02. The van der Waals surface area contributed by atoms with E-state index in [2.05, 4.69) is 5.32 Å². The minimum atomic E-state index is -0.420. The van der Waals surface area contributed by atoms with Crippen molar-refractivity contribution >= 4 is 5.69 Å². The summed E-state index contributed by atoms with van der Waals surface area (Å²) in [5.41, 5.74) is 2.46. The Morgan fingerprint density at radius 2 is 1.95 bits per heavy atom. The lowest BCUT2D eigenvalue weighted by atomic mass is 10.1. The molecule has 0 fully saturated rings. The Hall–Kier alpha value is -2.23. The van der Waals surface area contributed by atoms with Crippen molar-refractivity contribution in [2.24, 2.45) is 0 Å². The molecule has 2 rings (SSSR count). The second kappa shape index (κ2) is 5.82. The van der Waals surface area contributed by atoms with Crippen LogP contribution in [-0.4, -0.2) is 12.2 Å². The summed E-state index contributed by atoms with van der Waals surface area (Å²) in [6.07, 6.45) is 0. The van der Waals surface area contributed by atoms with Crippen LogP contribution in [0.3, 0.4) is 0 Å². The van der Waals surface area contributed by atoms with Crippen LogP contribution >= 0.6 is 0 Å². The van der Waals surface area contributed by atoms with Crippen molar-refractivity contribution in [3.05, 3.63) is 53.3 Å². The largest absolute Gasteiger partial charge is 0.508 e. The van der Waals surface area contributed by atoms with Crippen LogP contribution in [0.25, 0.3) is 0 Å². The molecule has 0 bridgehead atoms. The van der Waals surface area contributed by atoms with Gasteiger partial charge in [0.1, 0.15) is 17.3 Å². The van der Waals surface area contributed by atoms with Gasteiger partial charge in [-0.05, 0) is 43.7 Å². The Labute approximate surface area is 118 Å². The van der Waals surface area contributed by atoms with Gasteiger partial charge in [-0.25, -0.2) is 4.39 Å². The van der Waals surface area contributed by atoms with Gasteiger partial charge in [-0.15, -0.1) is 0 Å². The third kappa shape index (κ3) is 3.02. The normalized spacial score (nSPS) is 12.0. The number of hydrogen-bond acceptors (Lipinski definition) is 3. The first-order chi connectivity index (χ1) is 9.51. The summed E-state index contributed by atoms with van der Waals surface area (Å²) in [6.45, 7) is 3.84. The molecule has 0 aliphatic heterocycles. The maximum atomic E-state index is 13.8. The van der Waals surface area contributed by atoms with Crippen molar-refractivity contribution in [2.75, 3.05) is 12.4 Å². The molecule has 106 valence electrons. The van der Waals surface area contributed by atoms with Gasteiger partial charge in [0.25, 0.3) is 0 Å². The maximum Gasteiger partial charge on any atom is 0.132 e. The highest BCUT2D eigenvalue weighted by atomic mass is 19.1. The first-order valence-electron chi connectivity index (χ1n) is 6.41. The van der Waals surface area contributed by atoms with Gasteiger partial charge in [-0.3, -0.25) is 0 Å². The Balaban J connectivity index is 2.21. The molecule has 2 aromatic rings. The molecule has 0 saturated carbocycles. The summed E-state index contributed by atoms with van der Waals surface area (Å²) in [5, 5.41) is 12.5.